The summed E-state index contributed by atoms with van der Waals surface area (Å²) in [5, 5.41) is 12.8. The lowest BCUT2D eigenvalue weighted by molar-refractivity contribution is -0.141. The number of aryl methyl sites for hydroxylation is 1. The second-order valence-corrected chi connectivity index (χ2v) is 7.52. The molecule has 2 N–H and O–H groups in total. The van der Waals surface area contributed by atoms with Crippen molar-refractivity contribution in [2.24, 2.45) is 5.92 Å². The number of rotatable bonds is 6. The van der Waals surface area contributed by atoms with Crippen molar-refractivity contribution in [2.45, 2.75) is 32.2 Å². The number of carboxylic acid groups (broad SMARTS) is 1. The Morgan fingerprint density at radius 2 is 1.96 bits per heavy atom. The van der Waals surface area contributed by atoms with Crippen LogP contribution in [0.5, 0.6) is 11.5 Å². The van der Waals surface area contributed by atoms with Crippen molar-refractivity contribution in [3.8, 4) is 22.1 Å². The van der Waals surface area contributed by atoms with Crippen LogP contribution in [0.1, 0.15) is 34.6 Å². The Kier molecular flexibility index (Phi) is 5.65. The van der Waals surface area contributed by atoms with Gasteiger partial charge in [0.25, 0.3) is 5.91 Å². The van der Waals surface area contributed by atoms with Crippen LogP contribution in [-0.4, -0.2) is 42.2 Å². The van der Waals surface area contributed by atoms with Crippen LogP contribution >= 0.6 is 11.3 Å². The minimum atomic E-state index is -0.795. The zero-order chi connectivity index (χ0) is 19.6. The summed E-state index contributed by atoms with van der Waals surface area (Å²) in [6.45, 7) is 1.80. The van der Waals surface area contributed by atoms with E-state index < -0.39 is 5.97 Å². The van der Waals surface area contributed by atoms with E-state index in [0.717, 1.165) is 5.56 Å². The van der Waals surface area contributed by atoms with Crippen molar-refractivity contribution in [1.82, 2.24) is 10.3 Å². The van der Waals surface area contributed by atoms with Gasteiger partial charge in [-0.15, -0.1) is 11.3 Å². The quantitative estimate of drug-likeness (QED) is 0.786. The van der Waals surface area contributed by atoms with Crippen molar-refractivity contribution >= 4 is 23.2 Å². The molecule has 144 valence electrons. The van der Waals surface area contributed by atoms with Gasteiger partial charge >= 0.3 is 5.97 Å². The molecular formula is C19H22N2O5S. The molecular weight excluding hydrogens is 368 g/mol. The molecule has 1 aromatic heterocycles. The van der Waals surface area contributed by atoms with E-state index in [0.29, 0.717) is 46.3 Å². The molecule has 0 unspecified atom stereocenters. The lowest BCUT2D eigenvalue weighted by Crippen LogP contribution is -2.33. The summed E-state index contributed by atoms with van der Waals surface area (Å²) in [5.74, 6) is -0.148. The maximum atomic E-state index is 12.6. The molecule has 1 aliphatic carbocycles. The second-order valence-electron chi connectivity index (χ2n) is 6.52. The Morgan fingerprint density at radius 3 is 2.59 bits per heavy atom. The number of nitrogens with zero attached hydrogens (tertiary/aromatic N) is 1. The third-order valence-electron chi connectivity index (χ3n) is 4.75. The summed E-state index contributed by atoms with van der Waals surface area (Å²) in [4.78, 5) is 28.8. The minimum absolute atomic E-state index is 0.107. The predicted octanol–water partition coefficient (Wildman–Crippen LogP) is 3.12. The third-order valence-corrected chi connectivity index (χ3v) is 5.96. The normalized spacial score (nSPS) is 18.9. The summed E-state index contributed by atoms with van der Waals surface area (Å²) >= 11 is 1.31. The Bertz CT molecular complexity index is 864. The molecule has 2 aromatic rings. The van der Waals surface area contributed by atoms with Gasteiger partial charge in [-0.2, -0.15) is 0 Å². The fourth-order valence-electron chi connectivity index (χ4n) is 3.29. The van der Waals surface area contributed by atoms with Crippen molar-refractivity contribution in [2.75, 3.05) is 14.2 Å². The van der Waals surface area contributed by atoms with Crippen molar-refractivity contribution in [3.63, 3.8) is 0 Å². The van der Waals surface area contributed by atoms with Gasteiger partial charge in [-0.3, -0.25) is 9.59 Å². The van der Waals surface area contributed by atoms with Crippen LogP contribution in [0.15, 0.2) is 18.2 Å². The molecule has 1 amide bonds. The third kappa shape index (κ3) is 4.05. The summed E-state index contributed by atoms with van der Waals surface area (Å²) in [7, 11) is 3.14. The fraction of sp³-hybridized carbons (Fsp3) is 0.421. The van der Waals surface area contributed by atoms with Gasteiger partial charge in [0.05, 0.1) is 25.8 Å². The smallest absolute Gasteiger partial charge is 0.306 e. The van der Waals surface area contributed by atoms with Crippen LogP contribution < -0.4 is 14.8 Å². The molecule has 8 heteroatoms. The fourth-order valence-corrected chi connectivity index (χ4v) is 4.25. The first-order valence-corrected chi connectivity index (χ1v) is 9.48. The molecule has 1 aliphatic rings. The summed E-state index contributed by atoms with van der Waals surface area (Å²) in [6, 6.07) is 5.39. The number of hydrogen-bond acceptors (Lipinski definition) is 6. The number of nitrogens with one attached hydrogen (secondary N) is 1. The minimum Gasteiger partial charge on any atom is -0.493 e. The molecule has 0 radical (unpaired) electrons. The average Bonchev–Trinajstić information content (AvgIpc) is 3.28. The van der Waals surface area contributed by atoms with Gasteiger partial charge in [0.1, 0.15) is 9.88 Å². The van der Waals surface area contributed by atoms with E-state index in [9.17, 15) is 9.59 Å². The highest BCUT2D eigenvalue weighted by Gasteiger charge is 2.31. The van der Waals surface area contributed by atoms with E-state index in [2.05, 4.69) is 10.3 Å². The standard InChI is InChI=1S/C19H22N2O5S/c1-10-16(17(22)21-13-6-4-12(8-13)19(23)24)27-18(20-10)11-5-7-14(25-2)15(9-11)26-3/h5,7,9,12-13H,4,6,8H2,1-3H3,(H,21,22)(H,23,24)/t12-,13+/m0/s1. The highest BCUT2D eigenvalue weighted by Crippen LogP contribution is 2.35. The molecule has 27 heavy (non-hydrogen) atoms. The van der Waals surface area contributed by atoms with Crippen molar-refractivity contribution in [1.29, 1.82) is 0 Å². The molecule has 0 spiro atoms. The number of aromatic nitrogens is 1. The number of aliphatic carboxylic acids is 1. The van der Waals surface area contributed by atoms with Crippen LogP contribution in [0.4, 0.5) is 0 Å². The van der Waals surface area contributed by atoms with Gasteiger partial charge < -0.3 is 19.9 Å². The Balaban J connectivity index is 1.76. The van der Waals surface area contributed by atoms with Gasteiger partial charge in [0.15, 0.2) is 11.5 Å². The second kappa shape index (κ2) is 7.96. The van der Waals surface area contributed by atoms with Gasteiger partial charge in [0.2, 0.25) is 0 Å². The maximum Gasteiger partial charge on any atom is 0.306 e. The highest BCUT2D eigenvalue weighted by atomic mass is 32.1. The van der Waals surface area contributed by atoms with Gasteiger partial charge in [-0.05, 0) is 44.4 Å². The molecule has 1 heterocycles. The number of benzene rings is 1. The first kappa shape index (κ1) is 19.2. The van der Waals surface area contributed by atoms with E-state index in [1.54, 1.807) is 27.2 Å². The zero-order valence-electron chi connectivity index (χ0n) is 15.4. The summed E-state index contributed by atoms with van der Waals surface area (Å²) in [6.07, 6.45) is 1.75. The number of amides is 1. The number of carbonyl (C=O) groups excluding carboxylic acids is 1. The summed E-state index contributed by atoms with van der Waals surface area (Å²) < 4.78 is 10.6. The van der Waals surface area contributed by atoms with Crippen molar-refractivity contribution < 1.29 is 24.2 Å². The molecule has 1 fully saturated rings. The van der Waals surface area contributed by atoms with Crippen LogP contribution in [-0.2, 0) is 4.79 Å². The Labute approximate surface area is 161 Å². The maximum absolute atomic E-state index is 12.6. The van der Waals surface area contributed by atoms with E-state index in [1.165, 1.54) is 11.3 Å². The molecule has 3 rings (SSSR count). The number of hydrogen-bond donors (Lipinski definition) is 2. The van der Waals surface area contributed by atoms with Gasteiger partial charge in [0, 0.05) is 11.6 Å². The van der Waals surface area contributed by atoms with Crippen LogP contribution in [0.25, 0.3) is 10.6 Å². The van der Waals surface area contributed by atoms with Gasteiger partial charge in [-0.25, -0.2) is 4.98 Å². The first-order valence-electron chi connectivity index (χ1n) is 8.66. The van der Waals surface area contributed by atoms with Crippen LogP contribution in [0.3, 0.4) is 0 Å². The van der Waals surface area contributed by atoms with Gasteiger partial charge in [-0.1, -0.05) is 0 Å². The van der Waals surface area contributed by atoms with E-state index in [-0.39, 0.29) is 17.9 Å². The lowest BCUT2D eigenvalue weighted by atomic mass is 10.1. The molecule has 1 saturated carbocycles. The number of thiazole rings is 1. The van der Waals surface area contributed by atoms with E-state index >= 15 is 0 Å². The monoisotopic (exact) mass is 390 g/mol. The SMILES string of the molecule is COc1ccc(-c2nc(C)c(C(=O)N[C@@H]3CC[C@H](C(=O)O)C3)s2)cc1OC. The first-order chi connectivity index (χ1) is 12.9. The van der Waals surface area contributed by atoms with Crippen LogP contribution in [0.2, 0.25) is 0 Å². The van der Waals surface area contributed by atoms with Crippen molar-refractivity contribution in [3.05, 3.63) is 28.8 Å². The summed E-state index contributed by atoms with van der Waals surface area (Å²) in [5.41, 5.74) is 1.49. The Morgan fingerprint density at radius 1 is 1.22 bits per heavy atom. The largest absolute Gasteiger partial charge is 0.493 e. The average molecular weight is 390 g/mol. The molecule has 0 aliphatic heterocycles. The number of ether oxygens (including phenoxy) is 2. The predicted molar refractivity (Wildman–Crippen MR) is 102 cm³/mol. The number of methoxy groups -OCH3 is 2. The number of carboxylic acids is 1. The molecule has 1 aromatic carbocycles. The Hall–Kier alpha value is -2.61. The molecule has 0 bridgehead atoms. The van der Waals surface area contributed by atoms with Crippen LogP contribution in [0, 0.1) is 12.8 Å². The highest BCUT2D eigenvalue weighted by molar-refractivity contribution is 7.17. The number of carbonyl (C=O) groups is 2. The molecule has 0 saturated heterocycles. The topological polar surface area (TPSA) is 97.8 Å². The van der Waals surface area contributed by atoms with E-state index in [1.807, 2.05) is 12.1 Å². The lowest BCUT2D eigenvalue weighted by Gasteiger charge is -2.11. The molecule has 2 atom stereocenters. The van der Waals surface area contributed by atoms with E-state index in [4.69, 9.17) is 14.6 Å². The zero-order valence-corrected chi connectivity index (χ0v) is 16.3. The molecule has 7 nitrogen and oxygen atoms in total.